The number of nitrogens with zero attached hydrogens (tertiary/aromatic N) is 1. The summed E-state index contributed by atoms with van der Waals surface area (Å²) in [6, 6.07) is 10.9. The van der Waals surface area contributed by atoms with Crippen LogP contribution in [0.15, 0.2) is 36.4 Å². The first-order valence-corrected chi connectivity index (χ1v) is 7.95. The van der Waals surface area contributed by atoms with Gasteiger partial charge in [0, 0.05) is 12.1 Å². The second kappa shape index (κ2) is 6.76. The molecule has 1 heterocycles. The first-order valence-electron chi connectivity index (χ1n) is 7.13. The Hall–Kier alpha value is -2.80. The lowest BCUT2D eigenvalue weighted by Crippen LogP contribution is -2.13. The molecule has 124 valence electrons. The molecule has 2 aromatic carbocycles. The maximum atomic E-state index is 12.6. The van der Waals surface area contributed by atoms with Crippen molar-refractivity contribution in [3.05, 3.63) is 42.0 Å². The molecular weight excluding hydrogens is 328 g/mol. The maximum Gasteiger partial charge on any atom is 0.261 e. The number of nitrogens with one attached hydrogen (secondary N) is 1. The predicted octanol–water partition coefficient (Wildman–Crippen LogP) is 3.57. The predicted molar refractivity (Wildman–Crippen MR) is 93.7 cm³/mol. The minimum absolute atomic E-state index is 0.327. The number of methoxy groups -OCH3 is 3. The molecule has 1 N–H and O–H groups in total. The molecule has 3 rings (SSSR count). The van der Waals surface area contributed by atoms with Crippen molar-refractivity contribution in [2.24, 2.45) is 0 Å². The Kier molecular flexibility index (Phi) is 4.52. The smallest absolute Gasteiger partial charge is 0.261 e. The number of carbonyl (C=O) groups is 1. The Balaban J connectivity index is 1.93. The van der Waals surface area contributed by atoms with E-state index in [2.05, 4.69) is 10.3 Å². The molecule has 1 amide bonds. The van der Waals surface area contributed by atoms with Crippen LogP contribution in [0.1, 0.15) is 10.4 Å². The molecular formula is C17H16N2O4S. The van der Waals surface area contributed by atoms with Crippen LogP contribution in [0.3, 0.4) is 0 Å². The van der Waals surface area contributed by atoms with Crippen LogP contribution >= 0.6 is 11.3 Å². The number of para-hydroxylation sites is 1. The number of benzene rings is 2. The first kappa shape index (κ1) is 16.1. The van der Waals surface area contributed by atoms with Crippen LogP contribution in [0, 0.1) is 0 Å². The Morgan fingerprint density at radius 1 is 1.00 bits per heavy atom. The highest BCUT2D eigenvalue weighted by molar-refractivity contribution is 7.22. The number of aromatic nitrogens is 1. The van der Waals surface area contributed by atoms with E-state index in [0.29, 0.717) is 27.9 Å². The summed E-state index contributed by atoms with van der Waals surface area (Å²) in [7, 11) is 4.54. The number of ether oxygens (including phenoxy) is 3. The molecule has 7 heteroatoms. The Bertz CT molecular complexity index is 858. The van der Waals surface area contributed by atoms with E-state index in [4.69, 9.17) is 14.2 Å². The molecule has 0 fully saturated rings. The highest BCUT2D eigenvalue weighted by atomic mass is 32.1. The van der Waals surface area contributed by atoms with E-state index in [1.807, 2.05) is 24.3 Å². The lowest BCUT2D eigenvalue weighted by Gasteiger charge is -2.13. The van der Waals surface area contributed by atoms with E-state index < -0.39 is 0 Å². The summed E-state index contributed by atoms with van der Waals surface area (Å²) < 4.78 is 16.8. The maximum absolute atomic E-state index is 12.6. The van der Waals surface area contributed by atoms with Gasteiger partial charge in [-0.2, -0.15) is 0 Å². The SMILES string of the molecule is COc1cc(OC)c(C(=O)Nc2nc3ccccc3s2)cc1OC. The fraction of sp³-hybridized carbons (Fsp3) is 0.176. The summed E-state index contributed by atoms with van der Waals surface area (Å²) in [5, 5.41) is 3.33. The third-order valence-corrected chi connectivity index (χ3v) is 4.42. The molecule has 0 saturated heterocycles. The lowest BCUT2D eigenvalue weighted by molar-refractivity contribution is 0.102. The number of carbonyl (C=O) groups excluding carboxylic acids is 1. The average Bonchev–Trinajstić information content (AvgIpc) is 3.02. The molecule has 0 aliphatic carbocycles. The summed E-state index contributed by atoms with van der Waals surface area (Å²) in [5.41, 5.74) is 1.19. The quantitative estimate of drug-likeness (QED) is 0.766. The zero-order valence-electron chi connectivity index (χ0n) is 13.5. The van der Waals surface area contributed by atoms with E-state index in [1.165, 1.54) is 32.7 Å². The van der Waals surface area contributed by atoms with Crippen molar-refractivity contribution in [1.82, 2.24) is 4.98 Å². The molecule has 0 radical (unpaired) electrons. The second-order valence-electron chi connectivity index (χ2n) is 4.85. The fourth-order valence-electron chi connectivity index (χ4n) is 2.30. The van der Waals surface area contributed by atoms with Crippen LogP contribution in [0.5, 0.6) is 17.2 Å². The van der Waals surface area contributed by atoms with Crippen molar-refractivity contribution >= 4 is 32.6 Å². The summed E-state index contributed by atoms with van der Waals surface area (Å²) in [4.78, 5) is 17.0. The van der Waals surface area contributed by atoms with Gasteiger partial charge in [-0.15, -0.1) is 0 Å². The normalized spacial score (nSPS) is 10.5. The minimum atomic E-state index is -0.327. The van der Waals surface area contributed by atoms with E-state index in [-0.39, 0.29) is 5.91 Å². The van der Waals surface area contributed by atoms with Crippen LogP contribution in [-0.2, 0) is 0 Å². The molecule has 0 unspecified atom stereocenters. The van der Waals surface area contributed by atoms with Gasteiger partial charge in [0.15, 0.2) is 16.6 Å². The molecule has 1 aromatic heterocycles. The Morgan fingerprint density at radius 3 is 2.33 bits per heavy atom. The topological polar surface area (TPSA) is 69.7 Å². The lowest BCUT2D eigenvalue weighted by atomic mass is 10.1. The van der Waals surface area contributed by atoms with Gasteiger partial charge in [0.25, 0.3) is 5.91 Å². The summed E-state index contributed by atoms with van der Waals surface area (Å²) in [6.07, 6.45) is 0. The van der Waals surface area contributed by atoms with E-state index in [0.717, 1.165) is 10.2 Å². The van der Waals surface area contributed by atoms with Gasteiger partial charge in [-0.3, -0.25) is 10.1 Å². The number of rotatable bonds is 5. The zero-order chi connectivity index (χ0) is 17.1. The number of fused-ring (bicyclic) bond motifs is 1. The van der Waals surface area contributed by atoms with Crippen LogP contribution in [0.4, 0.5) is 5.13 Å². The van der Waals surface area contributed by atoms with Gasteiger partial charge in [-0.25, -0.2) is 4.98 Å². The minimum Gasteiger partial charge on any atom is -0.496 e. The molecule has 0 saturated carbocycles. The van der Waals surface area contributed by atoms with Gasteiger partial charge in [-0.1, -0.05) is 23.5 Å². The van der Waals surface area contributed by atoms with Gasteiger partial charge < -0.3 is 14.2 Å². The standard InChI is InChI=1S/C17H16N2O4S/c1-21-12-9-14(23-3)13(22-2)8-10(12)16(20)19-17-18-11-6-4-5-7-15(11)24-17/h4-9H,1-3H3,(H,18,19,20). The van der Waals surface area contributed by atoms with E-state index in [9.17, 15) is 4.79 Å². The molecule has 0 atom stereocenters. The first-order chi connectivity index (χ1) is 11.7. The second-order valence-corrected chi connectivity index (χ2v) is 5.88. The molecule has 0 aliphatic rings. The highest BCUT2D eigenvalue weighted by Crippen LogP contribution is 2.35. The van der Waals surface area contributed by atoms with Crippen LogP contribution in [-0.4, -0.2) is 32.2 Å². The summed E-state index contributed by atoms with van der Waals surface area (Å²) >= 11 is 1.41. The van der Waals surface area contributed by atoms with Gasteiger partial charge in [0.2, 0.25) is 0 Å². The average molecular weight is 344 g/mol. The number of anilines is 1. The van der Waals surface area contributed by atoms with Crippen LogP contribution < -0.4 is 19.5 Å². The van der Waals surface area contributed by atoms with Gasteiger partial charge >= 0.3 is 0 Å². The summed E-state index contributed by atoms with van der Waals surface area (Å²) in [6.45, 7) is 0. The molecule has 24 heavy (non-hydrogen) atoms. The van der Waals surface area contributed by atoms with E-state index in [1.54, 1.807) is 12.1 Å². The van der Waals surface area contributed by atoms with Gasteiger partial charge in [-0.05, 0) is 12.1 Å². The Morgan fingerprint density at radius 2 is 1.67 bits per heavy atom. The van der Waals surface area contributed by atoms with Crippen LogP contribution in [0.2, 0.25) is 0 Å². The van der Waals surface area contributed by atoms with E-state index >= 15 is 0 Å². The van der Waals surface area contributed by atoms with Gasteiger partial charge in [0.1, 0.15) is 5.75 Å². The summed E-state index contributed by atoms with van der Waals surface area (Å²) in [5.74, 6) is 1.01. The van der Waals surface area contributed by atoms with Crippen molar-refractivity contribution in [2.45, 2.75) is 0 Å². The third kappa shape index (κ3) is 2.98. The number of hydrogen-bond acceptors (Lipinski definition) is 6. The van der Waals surface area contributed by atoms with Crippen molar-refractivity contribution in [3.8, 4) is 17.2 Å². The zero-order valence-corrected chi connectivity index (χ0v) is 14.3. The fourth-order valence-corrected chi connectivity index (χ4v) is 3.16. The van der Waals surface area contributed by atoms with Crippen LogP contribution in [0.25, 0.3) is 10.2 Å². The number of amides is 1. The number of hydrogen-bond donors (Lipinski definition) is 1. The van der Waals surface area contributed by atoms with Crippen molar-refractivity contribution < 1.29 is 19.0 Å². The molecule has 6 nitrogen and oxygen atoms in total. The molecule has 0 aliphatic heterocycles. The largest absolute Gasteiger partial charge is 0.496 e. The van der Waals surface area contributed by atoms with Crippen molar-refractivity contribution in [2.75, 3.05) is 26.6 Å². The Labute approximate surface area is 143 Å². The molecule has 0 bridgehead atoms. The molecule has 0 spiro atoms. The van der Waals surface area contributed by atoms with Gasteiger partial charge in [0.05, 0.1) is 37.1 Å². The monoisotopic (exact) mass is 344 g/mol. The van der Waals surface area contributed by atoms with Crippen molar-refractivity contribution in [1.29, 1.82) is 0 Å². The van der Waals surface area contributed by atoms with Crippen molar-refractivity contribution in [3.63, 3.8) is 0 Å². The molecule has 3 aromatic rings. The highest BCUT2D eigenvalue weighted by Gasteiger charge is 2.19. The number of thiazole rings is 1. The third-order valence-electron chi connectivity index (χ3n) is 3.46.